The van der Waals surface area contributed by atoms with Crippen molar-refractivity contribution in [3.05, 3.63) is 0 Å². The molecule has 0 aliphatic carbocycles. The van der Waals surface area contributed by atoms with Crippen molar-refractivity contribution in [2.24, 2.45) is 5.73 Å². The molecule has 0 aliphatic rings. The van der Waals surface area contributed by atoms with Crippen LogP contribution in [0.15, 0.2) is 0 Å². The van der Waals surface area contributed by atoms with Gasteiger partial charge in [-0.3, -0.25) is 9.59 Å². The van der Waals surface area contributed by atoms with E-state index in [1.807, 2.05) is 13.8 Å². The summed E-state index contributed by atoms with van der Waals surface area (Å²) < 4.78 is 0. The molecule has 0 aromatic heterocycles. The van der Waals surface area contributed by atoms with E-state index in [-0.39, 0.29) is 25.0 Å². The quantitative estimate of drug-likeness (QED) is 0.671. The lowest BCUT2D eigenvalue weighted by molar-refractivity contribution is -0.137. The number of carbonyl (C=O) groups is 3. The molecule has 110 valence electrons. The number of nitrogens with zero attached hydrogens (tertiary/aromatic N) is 2. The molecule has 19 heavy (non-hydrogen) atoms. The predicted octanol–water partition coefficient (Wildman–Crippen LogP) is 0.489. The number of amides is 3. The first-order chi connectivity index (χ1) is 8.79. The highest BCUT2D eigenvalue weighted by molar-refractivity contribution is 5.83. The van der Waals surface area contributed by atoms with Crippen molar-refractivity contribution >= 4 is 17.9 Å². The standard InChI is InChI=1S/C12H23N3O4/c1-4-14(8-10(13)16)12(19)15(9(2)3)7-5-6-11(17)18/h9H,4-8H2,1-3H3,(H2,13,16)(H,17,18). The lowest BCUT2D eigenvalue weighted by Gasteiger charge is -2.32. The molecule has 7 heteroatoms. The van der Waals surface area contributed by atoms with Crippen LogP contribution in [-0.2, 0) is 9.59 Å². The topological polar surface area (TPSA) is 104 Å². The van der Waals surface area contributed by atoms with E-state index in [1.54, 1.807) is 11.8 Å². The van der Waals surface area contributed by atoms with Crippen LogP contribution in [0.5, 0.6) is 0 Å². The van der Waals surface area contributed by atoms with Gasteiger partial charge in [-0.05, 0) is 27.2 Å². The summed E-state index contributed by atoms with van der Waals surface area (Å²) in [5.74, 6) is -1.45. The lowest BCUT2D eigenvalue weighted by atomic mass is 10.2. The number of primary amides is 1. The molecule has 0 atom stereocenters. The molecule has 7 nitrogen and oxygen atoms in total. The number of aliphatic carboxylic acids is 1. The minimum Gasteiger partial charge on any atom is -0.481 e. The van der Waals surface area contributed by atoms with Crippen molar-refractivity contribution in [3.63, 3.8) is 0 Å². The van der Waals surface area contributed by atoms with Crippen LogP contribution in [-0.4, -0.2) is 58.5 Å². The van der Waals surface area contributed by atoms with Gasteiger partial charge in [0.25, 0.3) is 0 Å². The maximum Gasteiger partial charge on any atom is 0.320 e. The summed E-state index contributed by atoms with van der Waals surface area (Å²) in [5, 5.41) is 8.60. The molecule has 0 aromatic rings. The van der Waals surface area contributed by atoms with E-state index in [0.29, 0.717) is 19.5 Å². The molecular weight excluding hydrogens is 250 g/mol. The minimum atomic E-state index is -0.888. The number of hydrogen-bond acceptors (Lipinski definition) is 3. The maximum atomic E-state index is 12.2. The summed E-state index contributed by atoms with van der Waals surface area (Å²) in [5.41, 5.74) is 5.09. The fourth-order valence-corrected chi connectivity index (χ4v) is 1.66. The molecule has 0 saturated carbocycles. The van der Waals surface area contributed by atoms with Crippen molar-refractivity contribution in [3.8, 4) is 0 Å². The van der Waals surface area contributed by atoms with Gasteiger partial charge < -0.3 is 20.6 Å². The van der Waals surface area contributed by atoms with Crippen LogP contribution in [0.25, 0.3) is 0 Å². The van der Waals surface area contributed by atoms with Crippen LogP contribution in [0.3, 0.4) is 0 Å². The number of nitrogens with two attached hydrogens (primary N) is 1. The molecule has 0 saturated heterocycles. The highest BCUT2D eigenvalue weighted by Gasteiger charge is 2.23. The molecule has 0 spiro atoms. The van der Waals surface area contributed by atoms with Gasteiger partial charge in [0.2, 0.25) is 5.91 Å². The molecule has 3 N–H and O–H groups in total. The number of likely N-dealkylation sites (N-methyl/N-ethyl adjacent to an activating group) is 1. The fraction of sp³-hybridized carbons (Fsp3) is 0.750. The van der Waals surface area contributed by atoms with Gasteiger partial charge in [0, 0.05) is 25.6 Å². The van der Waals surface area contributed by atoms with Crippen LogP contribution in [0.1, 0.15) is 33.6 Å². The van der Waals surface area contributed by atoms with Crippen LogP contribution in [0.4, 0.5) is 4.79 Å². The number of carboxylic acids is 1. The first-order valence-electron chi connectivity index (χ1n) is 6.35. The second-order valence-corrected chi connectivity index (χ2v) is 4.55. The van der Waals surface area contributed by atoms with Gasteiger partial charge in [-0.2, -0.15) is 0 Å². The zero-order valence-electron chi connectivity index (χ0n) is 11.8. The summed E-state index contributed by atoms with van der Waals surface area (Å²) in [4.78, 5) is 36.5. The Labute approximate surface area is 113 Å². The van der Waals surface area contributed by atoms with E-state index in [9.17, 15) is 14.4 Å². The van der Waals surface area contributed by atoms with Gasteiger partial charge >= 0.3 is 12.0 Å². The number of carbonyl (C=O) groups excluding carboxylic acids is 2. The Morgan fingerprint density at radius 2 is 1.84 bits per heavy atom. The Morgan fingerprint density at radius 1 is 1.26 bits per heavy atom. The van der Waals surface area contributed by atoms with Crippen molar-refractivity contribution in [2.75, 3.05) is 19.6 Å². The van der Waals surface area contributed by atoms with Crippen LogP contribution >= 0.6 is 0 Å². The number of carboxylic acid groups (broad SMARTS) is 1. The smallest absolute Gasteiger partial charge is 0.320 e. The zero-order valence-corrected chi connectivity index (χ0v) is 11.8. The van der Waals surface area contributed by atoms with Gasteiger partial charge in [-0.25, -0.2) is 4.79 Å². The largest absolute Gasteiger partial charge is 0.481 e. The zero-order chi connectivity index (χ0) is 15.0. The van der Waals surface area contributed by atoms with Crippen LogP contribution in [0, 0.1) is 0 Å². The van der Waals surface area contributed by atoms with Crippen LogP contribution in [0.2, 0.25) is 0 Å². The Hall–Kier alpha value is -1.79. The normalized spacial score (nSPS) is 10.3. The lowest BCUT2D eigenvalue weighted by Crippen LogP contribution is -2.49. The predicted molar refractivity (Wildman–Crippen MR) is 70.5 cm³/mol. The Kier molecular flexibility index (Phi) is 7.55. The van der Waals surface area contributed by atoms with Crippen LogP contribution < -0.4 is 5.73 Å². The van der Waals surface area contributed by atoms with E-state index in [0.717, 1.165) is 0 Å². The Bertz CT molecular complexity index is 331. The molecule has 3 amide bonds. The molecule has 0 aromatic carbocycles. The highest BCUT2D eigenvalue weighted by atomic mass is 16.4. The molecule has 0 rings (SSSR count). The molecule has 0 bridgehead atoms. The second-order valence-electron chi connectivity index (χ2n) is 4.55. The third-order valence-corrected chi connectivity index (χ3v) is 2.66. The molecular formula is C12H23N3O4. The van der Waals surface area contributed by atoms with Gasteiger partial charge in [0.1, 0.15) is 6.54 Å². The second kappa shape index (κ2) is 8.34. The van der Waals surface area contributed by atoms with Crippen molar-refractivity contribution in [1.29, 1.82) is 0 Å². The molecule has 0 heterocycles. The van der Waals surface area contributed by atoms with Gasteiger partial charge in [-0.1, -0.05) is 0 Å². The summed E-state index contributed by atoms with van der Waals surface area (Å²) in [6.07, 6.45) is 0.395. The number of urea groups is 1. The Balaban J connectivity index is 4.62. The monoisotopic (exact) mass is 273 g/mol. The first kappa shape index (κ1) is 17.2. The van der Waals surface area contributed by atoms with E-state index >= 15 is 0 Å². The fourth-order valence-electron chi connectivity index (χ4n) is 1.66. The summed E-state index contributed by atoms with van der Waals surface area (Å²) in [6.45, 7) is 6.05. The SMILES string of the molecule is CCN(CC(N)=O)C(=O)N(CCCC(=O)O)C(C)C. The molecule has 0 radical (unpaired) electrons. The van der Waals surface area contributed by atoms with E-state index in [1.165, 1.54) is 4.90 Å². The number of rotatable bonds is 8. The first-order valence-corrected chi connectivity index (χ1v) is 6.35. The minimum absolute atomic E-state index is 0.0123. The molecule has 0 fully saturated rings. The van der Waals surface area contributed by atoms with Gasteiger partial charge in [0.15, 0.2) is 0 Å². The van der Waals surface area contributed by atoms with Gasteiger partial charge in [0.05, 0.1) is 0 Å². The van der Waals surface area contributed by atoms with Crippen molar-refractivity contribution in [2.45, 2.75) is 39.7 Å². The van der Waals surface area contributed by atoms with E-state index < -0.39 is 11.9 Å². The number of hydrogen-bond donors (Lipinski definition) is 2. The highest BCUT2D eigenvalue weighted by Crippen LogP contribution is 2.07. The average Bonchev–Trinajstić information content (AvgIpc) is 2.29. The average molecular weight is 273 g/mol. The Morgan fingerprint density at radius 3 is 2.21 bits per heavy atom. The summed E-state index contributed by atoms with van der Waals surface area (Å²) in [6, 6.07) is -0.357. The molecule has 0 aliphatic heterocycles. The maximum absolute atomic E-state index is 12.2. The third kappa shape index (κ3) is 6.64. The van der Waals surface area contributed by atoms with E-state index in [4.69, 9.17) is 10.8 Å². The van der Waals surface area contributed by atoms with E-state index in [2.05, 4.69) is 0 Å². The van der Waals surface area contributed by atoms with Gasteiger partial charge in [-0.15, -0.1) is 0 Å². The summed E-state index contributed by atoms with van der Waals surface area (Å²) in [7, 11) is 0. The molecule has 0 unspecified atom stereocenters. The van der Waals surface area contributed by atoms with Crippen molar-refractivity contribution < 1.29 is 19.5 Å². The summed E-state index contributed by atoms with van der Waals surface area (Å²) >= 11 is 0. The van der Waals surface area contributed by atoms with Crippen molar-refractivity contribution in [1.82, 2.24) is 9.80 Å². The third-order valence-electron chi connectivity index (χ3n) is 2.66.